The van der Waals surface area contributed by atoms with Gasteiger partial charge in [-0.05, 0) is 29.8 Å². The van der Waals surface area contributed by atoms with Gasteiger partial charge in [0.2, 0.25) is 5.91 Å². The Hall–Kier alpha value is -3.54. The van der Waals surface area contributed by atoms with Crippen LogP contribution in [0, 0.1) is 11.3 Å². The number of fused-ring (bicyclic) bond motifs is 1. The first-order valence-corrected chi connectivity index (χ1v) is 9.82. The van der Waals surface area contributed by atoms with Crippen LogP contribution in [0.3, 0.4) is 0 Å². The van der Waals surface area contributed by atoms with E-state index in [1.165, 1.54) is 0 Å². The fourth-order valence-corrected chi connectivity index (χ4v) is 3.90. The Kier molecular flexibility index (Phi) is 5.57. The van der Waals surface area contributed by atoms with Crippen molar-refractivity contribution in [3.05, 3.63) is 65.5 Å². The molecule has 1 aliphatic rings. The van der Waals surface area contributed by atoms with Gasteiger partial charge in [-0.25, -0.2) is 9.97 Å². The SMILES string of the molecule is N#Cc1ccc(C(C(N)=O)N2CCN(Cc3nc(N)c4ccccc4n3)CC2)cc1. The monoisotopic (exact) mass is 401 g/mol. The topological polar surface area (TPSA) is 125 Å². The molecule has 1 unspecified atom stereocenters. The summed E-state index contributed by atoms with van der Waals surface area (Å²) in [5.41, 5.74) is 14.0. The molecule has 8 nitrogen and oxygen atoms in total. The van der Waals surface area contributed by atoms with E-state index in [1.807, 2.05) is 24.3 Å². The largest absolute Gasteiger partial charge is 0.383 e. The van der Waals surface area contributed by atoms with E-state index >= 15 is 0 Å². The van der Waals surface area contributed by atoms with Crippen LogP contribution >= 0.6 is 0 Å². The molecule has 1 aromatic heterocycles. The van der Waals surface area contributed by atoms with Crippen LogP contribution in [-0.2, 0) is 11.3 Å². The van der Waals surface area contributed by atoms with Crippen molar-refractivity contribution in [1.29, 1.82) is 5.26 Å². The Morgan fingerprint density at radius 2 is 1.77 bits per heavy atom. The van der Waals surface area contributed by atoms with Crippen molar-refractivity contribution in [1.82, 2.24) is 19.8 Å². The molecular formula is C22H23N7O. The summed E-state index contributed by atoms with van der Waals surface area (Å²) in [5, 5.41) is 9.83. The molecule has 4 rings (SSSR count). The number of carbonyl (C=O) groups excluding carboxylic acids is 1. The summed E-state index contributed by atoms with van der Waals surface area (Å²) in [4.78, 5) is 25.6. The van der Waals surface area contributed by atoms with Gasteiger partial charge >= 0.3 is 0 Å². The highest BCUT2D eigenvalue weighted by atomic mass is 16.1. The van der Waals surface area contributed by atoms with Crippen LogP contribution in [0.25, 0.3) is 10.9 Å². The van der Waals surface area contributed by atoms with Crippen molar-refractivity contribution < 1.29 is 4.79 Å². The predicted molar refractivity (Wildman–Crippen MR) is 114 cm³/mol. The highest BCUT2D eigenvalue weighted by molar-refractivity contribution is 5.87. The molecule has 0 radical (unpaired) electrons. The van der Waals surface area contributed by atoms with E-state index in [0.717, 1.165) is 29.6 Å². The van der Waals surface area contributed by atoms with Gasteiger partial charge in [0.05, 0.1) is 23.7 Å². The Balaban J connectivity index is 1.43. The zero-order chi connectivity index (χ0) is 21.1. The lowest BCUT2D eigenvalue weighted by atomic mass is 10.0. The van der Waals surface area contributed by atoms with Crippen molar-refractivity contribution in [3.8, 4) is 6.07 Å². The number of hydrogen-bond donors (Lipinski definition) is 2. The average Bonchev–Trinajstić information content (AvgIpc) is 2.75. The lowest BCUT2D eigenvalue weighted by Crippen LogP contribution is -2.50. The molecule has 0 bridgehead atoms. The van der Waals surface area contributed by atoms with Crippen LogP contribution in [-0.4, -0.2) is 51.9 Å². The number of para-hydroxylation sites is 1. The molecule has 1 atom stereocenters. The third-order valence-electron chi connectivity index (χ3n) is 5.44. The third-order valence-corrected chi connectivity index (χ3v) is 5.44. The van der Waals surface area contributed by atoms with Gasteiger partial charge in [-0.15, -0.1) is 0 Å². The van der Waals surface area contributed by atoms with Crippen LogP contribution in [0.1, 0.15) is 23.0 Å². The second-order valence-corrected chi connectivity index (χ2v) is 7.39. The molecule has 1 aliphatic heterocycles. The van der Waals surface area contributed by atoms with Crippen molar-refractivity contribution in [2.45, 2.75) is 12.6 Å². The Labute approximate surface area is 174 Å². The smallest absolute Gasteiger partial charge is 0.239 e. The van der Waals surface area contributed by atoms with Crippen LogP contribution in [0.4, 0.5) is 5.82 Å². The van der Waals surface area contributed by atoms with E-state index in [-0.39, 0.29) is 0 Å². The summed E-state index contributed by atoms with van der Waals surface area (Å²) in [7, 11) is 0. The van der Waals surface area contributed by atoms with Gasteiger partial charge < -0.3 is 11.5 Å². The quantitative estimate of drug-likeness (QED) is 0.662. The van der Waals surface area contributed by atoms with Crippen molar-refractivity contribution in [3.63, 3.8) is 0 Å². The summed E-state index contributed by atoms with van der Waals surface area (Å²) in [6.07, 6.45) is 0. The number of nitrogens with two attached hydrogens (primary N) is 2. The van der Waals surface area contributed by atoms with Crippen molar-refractivity contribution >= 4 is 22.6 Å². The zero-order valence-corrected chi connectivity index (χ0v) is 16.5. The fraction of sp³-hybridized carbons (Fsp3) is 0.273. The maximum Gasteiger partial charge on any atom is 0.239 e. The lowest BCUT2D eigenvalue weighted by molar-refractivity contribution is -0.124. The number of benzene rings is 2. The molecule has 1 saturated heterocycles. The maximum absolute atomic E-state index is 12.2. The van der Waals surface area contributed by atoms with Crippen molar-refractivity contribution in [2.75, 3.05) is 31.9 Å². The maximum atomic E-state index is 12.2. The number of amides is 1. The fourth-order valence-electron chi connectivity index (χ4n) is 3.90. The molecule has 1 fully saturated rings. The Morgan fingerprint density at radius 1 is 1.07 bits per heavy atom. The van der Waals surface area contributed by atoms with Crippen molar-refractivity contribution in [2.24, 2.45) is 5.73 Å². The molecule has 1 amide bonds. The second kappa shape index (κ2) is 8.45. The first-order valence-electron chi connectivity index (χ1n) is 9.82. The molecule has 0 aliphatic carbocycles. The number of rotatable bonds is 5. The molecule has 8 heteroatoms. The van der Waals surface area contributed by atoms with E-state index in [9.17, 15) is 4.79 Å². The second-order valence-electron chi connectivity index (χ2n) is 7.39. The summed E-state index contributed by atoms with van der Waals surface area (Å²) in [5.74, 6) is 0.792. The summed E-state index contributed by atoms with van der Waals surface area (Å²) < 4.78 is 0. The number of nitrogens with zero attached hydrogens (tertiary/aromatic N) is 5. The van der Waals surface area contributed by atoms with Crippen LogP contribution in [0.2, 0.25) is 0 Å². The number of hydrogen-bond acceptors (Lipinski definition) is 7. The normalized spacial score (nSPS) is 16.2. The van der Waals surface area contributed by atoms with Crippen LogP contribution < -0.4 is 11.5 Å². The molecule has 30 heavy (non-hydrogen) atoms. The first kappa shape index (κ1) is 19.8. The molecule has 0 saturated carbocycles. The number of nitrogen functional groups attached to an aromatic ring is 1. The molecule has 2 aromatic carbocycles. The van der Waals surface area contributed by atoms with Crippen LogP contribution in [0.5, 0.6) is 0 Å². The highest BCUT2D eigenvalue weighted by Crippen LogP contribution is 2.23. The van der Waals surface area contributed by atoms with Gasteiger partial charge in [0.25, 0.3) is 0 Å². The summed E-state index contributed by atoms with van der Waals surface area (Å²) >= 11 is 0. The first-order chi connectivity index (χ1) is 14.5. The average molecular weight is 401 g/mol. The van der Waals surface area contributed by atoms with Gasteiger partial charge in [0, 0.05) is 31.6 Å². The minimum atomic E-state index is -0.507. The third kappa shape index (κ3) is 4.08. The molecule has 0 spiro atoms. The summed E-state index contributed by atoms with van der Waals surface area (Å²) in [6, 6.07) is 16.3. The van der Waals surface area contributed by atoms with E-state index in [0.29, 0.717) is 36.8 Å². The Bertz CT molecular complexity index is 1100. The molecule has 4 N–H and O–H groups in total. The lowest BCUT2D eigenvalue weighted by Gasteiger charge is -2.38. The van der Waals surface area contributed by atoms with Gasteiger partial charge in [-0.2, -0.15) is 5.26 Å². The number of anilines is 1. The van der Waals surface area contributed by atoms with E-state index in [4.69, 9.17) is 16.7 Å². The van der Waals surface area contributed by atoms with E-state index < -0.39 is 11.9 Å². The predicted octanol–water partition coefficient (Wildman–Crippen LogP) is 1.43. The van der Waals surface area contributed by atoms with Gasteiger partial charge in [0.15, 0.2) is 0 Å². The number of carbonyl (C=O) groups is 1. The van der Waals surface area contributed by atoms with Gasteiger partial charge in [-0.1, -0.05) is 24.3 Å². The van der Waals surface area contributed by atoms with Gasteiger partial charge in [-0.3, -0.25) is 14.6 Å². The number of piperazine rings is 1. The number of aromatic nitrogens is 2. The van der Waals surface area contributed by atoms with Gasteiger partial charge in [0.1, 0.15) is 17.7 Å². The zero-order valence-electron chi connectivity index (χ0n) is 16.5. The van der Waals surface area contributed by atoms with E-state index in [1.54, 1.807) is 24.3 Å². The standard InChI is InChI=1S/C22H23N7O/c23-13-15-5-7-16(8-6-15)20(22(25)30)29-11-9-28(10-12-29)14-19-26-18-4-2-1-3-17(18)21(24)27-19/h1-8,20H,9-12,14H2,(H2,25,30)(H2,24,26,27). The molecular weight excluding hydrogens is 378 g/mol. The Morgan fingerprint density at radius 3 is 2.43 bits per heavy atom. The molecule has 152 valence electrons. The summed E-state index contributed by atoms with van der Waals surface area (Å²) in [6.45, 7) is 3.50. The minimum absolute atomic E-state index is 0.390. The van der Waals surface area contributed by atoms with E-state index in [2.05, 4.69) is 25.8 Å². The highest BCUT2D eigenvalue weighted by Gasteiger charge is 2.29. The number of nitriles is 1. The van der Waals surface area contributed by atoms with Crippen LogP contribution in [0.15, 0.2) is 48.5 Å². The molecule has 3 aromatic rings. The number of primary amides is 1. The molecule has 2 heterocycles. The minimum Gasteiger partial charge on any atom is -0.383 e.